The van der Waals surface area contributed by atoms with Crippen LogP contribution in [0.25, 0.3) is 21.5 Å². The van der Waals surface area contributed by atoms with E-state index in [4.69, 9.17) is 18.2 Å². The Morgan fingerprint density at radius 3 is 2.45 bits per heavy atom. The predicted octanol–water partition coefficient (Wildman–Crippen LogP) is 8.62. The molecular weight excluding hydrogens is 588 g/mol. The van der Waals surface area contributed by atoms with Crippen molar-refractivity contribution in [2.75, 3.05) is 24.7 Å². The number of anilines is 1. The van der Waals surface area contributed by atoms with Gasteiger partial charge in [0.15, 0.2) is 0 Å². The van der Waals surface area contributed by atoms with E-state index in [0.29, 0.717) is 17.0 Å². The van der Waals surface area contributed by atoms with Crippen LogP contribution in [-0.4, -0.2) is 30.0 Å². The van der Waals surface area contributed by atoms with E-state index in [-0.39, 0.29) is 36.0 Å². The van der Waals surface area contributed by atoms with Gasteiger partial charge in [0, 0.05) is 35.2 Å². The lowest BCUT2D eigenvalue weighted by Gasteiger charge is -2.21. The highest BCUT2D eigenvalue weighted by molar-refractivity contribution is 8.03. The molecule has 0 radical (unpaired) electrons. The third kappa shape index (κ3) is 8.20. The number of hydrogen-bond acceptors (Lipinski definition) is 6. The standard InChI is InChI=1S/C36H33ClN4O2S/c1-40-32(24-39)36(29-12-8-13-31(37)21-29)30(23-38)15-17-35-41(19-7-3-4-9-26(25-43)18-20-42)33-22-28(14-16-34(33)44-35)27-10-5-2-6-11-27/h2,5-6,8,10-17,21-22,26,42-43H,3-4,7,9,18-20,25H2/b30-15?,35-17?,36-32-. The first-order valence-electron chi connectivity index (χ1n) is 14.5. The maximum Gasteiger partial charge on any atom is 0.270 e. The molecular formula is C36H33ClN4O2S. The zero-order valence-corrected chi connectivity index (χ0v) is 25.9. The average molecular weight is 621 g/mol. The maximum atomic E-state index is 10.2. The van der Waals surface area contributed by atoms with Crippen LogP contribution >= 0.6 is 23.4 Å². The monoisotopic (exact) mass is 620 g/mol. The van der Waals surface area contributed by atoms with Crippen molar-refractivity contribution in [2.45, 2.75) is 37.0 Å². The van der Waals surface area contributed by atoms with Crippen LogP contribution in [0.2, 0.25) is 5.02 Å². The molecule has 0 aromatic heterocycles. The van der Waals surface area contributed by atoms with Crippen LogP contribution in [0.1, 0.15) is 37.7 Å². The van der Waals surface area contributed by atoms with E-state index in [1.54, 1.807) is 42.1 Å². The van der Waals surface area contributed by atoms with Crippen molar-refractivity contribution < 1.29 is 10.2 Å². The molecule has 0 amide bonds. The number of benzene rings is 3. The molecule has 1 heterocycles. The molecule has 1 aliphatic rings. The lowest BCUT2D eigenvalue weighted by molar-refractivity contribution is 0.174. The number of thioether (sulfide) groups is 1. The topological polar surface area (TPSA) is 95.6 Å². The Labute approximate surface area is 268 Å². The van der Waals surface area contributed by atoms with Gasteiger partial charge in [0.05, 0.1) is 35.0 Å². The highest BCUT2D eigenvalue weighted by Crippen LogP contribution is 2.47. The van der Waals surface area contributed by atoms with Crippen molar-refractivity contribution in [3.63, 3.8) is 0 Å². The molecule has 8 heteroatoms. The summed E-state index contributed by atoms with van der Waals surface area (Å²) >= 11 is 7.84. The Hall–Kier alpha value is -4.29. The zero-order valence-electron chi connectivity index (χ0n) is 24.3. The molecule has 0 fully saturated rings. The first kappa shape index (κ1) is 32.6. The molecule has 0 bridgehead atoms. The van der Waals surface area contributed by atoms with Crippen molar-refractivity contribution in [3.8, 4) is 23.3 Å². The third-order valence-electron chi connectivity index (χ3n) is 7.48. The van der Waals surface area contributed by atoms with Crippen molar-refractivity contribution in [2.24, 2.45) is 5.92 Å². The van der Waals surface area contributed by atoms with Gasteiger partial charge in [-0.1, -0.05) is 84.7 Å². The third-order valence-corrected chi connectivity index (χ3v) is 8.84. The number of aliphatic hydroxyl groups is 2. The number of nitrogens with zero attached hydrogens (tertiary/aromatic N) is 4. The smallest absolute Gasteiger partial charge is 0.270 e. The second-order valence-corrected chi connectivity index (χ2v) is 11.9. The van der Waals surface area contributed by atoms with Crippen LogP contribution in [0, 0.1) is 35.2 Å². The summed E-state index contributed by atoms with van der Waals surface area (Å²) in [5.74, 6) is 0.122. The Kier molecular flexibility index (Phi) is 12.3. The van der Waals surface area contributed by atoms with E-state index in [1.165, 1.54) is 0 Å². The summed E-state index contributed by atoms with van der Waals surface area (Å²) in [5.41, 5.74) is 4.14. The summed E-state index contributed by atoms with van der Waals surface area (Å²) in [4.78, 5) is 6.77. The summed E-state index contributed by atoms with van der Waals surface area (Å²) in [7, 11) is 0. The lowest BCUT2D eigenvalue weighted by atomic mass is 9.96. The second kappa shape index (κ2) is 16.5. The molecule has 1 unspecified atom stereocenters. The minimum absolute atomic E-state index is 0.0864. The summed E-state index contributed by atoms with van der Waals surface area (Å²) in [6.45, 7) is 8.50. The fourth-order valence-corrected chi connectivity index (χ4v) is 6.45. The first-order valence-corrected chi connectivity index (χ1v) is 15.7. The van der Waals surface area contributed by atoms with Gasteiger partial charge in [-0.25, -0.2) is 10.1 Å². The van der Waals surface area contributed by atoms with Crippen molar-refractivity contribution in [1.29, 1.82) is 10.5 Å². The molecule has 222 valence electrons. The summed E-state index contributed by atoms with van der Waals surface area (Å²) in [5, 5.41) is 40.1. The minimum Gasteiger partial charge on any atom is -0.396 e. The second-order valence-electron chi connectivity index (χ2n) is 10.4. The van der Waals surface area contributed by atoms with Gasteiger partial charge in [-0.2, -0.15) is 5.26 Å². The van der Waals surface area contributed by atoms with Crippen LogP contribution < -0.4 is 4.90 Å². The quantitative estimate of drug-likeness (QED) is 0.0859. The molecule has 0 spiro atoms. The van der Waals surface area contributed by atoms with Crippen molar-refractivity contribution >= 4 is 34.6 Å². The van der Waals surface area contributed by atoms with Crippen molar-refractivity contribution in [1.82, 2.24) is 0 Å². The minimum atomic E-state index is -0.174. The predicted molar refractivity (Wildman–Crippen MR) is 178 cm³/mol. The van der Waals surface area contributed by atoms with Gasteiger partial charge >= 0.3 is 0 Å². The molecule has 0 saturated heterocycles. The fraction of sp³-hybridized carbons (Fsp3) is 0.250. The zero-order chi connectivity index (χ0) is 31.3. The molecule has 2 N–H and O–H groups in total. The summed E-state index contributed by atoms with van der Waals surface area (Å²) in [6.07, 6.45) is 7.91. The van der Waals surface area contributed by atoms with Crippen LogP contribution in [0.4, 0.5) is 5.69 Å². The molecule has 44 heavy (non-hydrogen) atoms. The van der Waals surface area contributed by atoms with E-state index in [2.05, 4.69) is 46.1 Å². The molecule has 4 rings (SSSR count). The van der Waals surface area contributed by atoms with Gasteiger partial charge in [0.2, 0.25) is 0 Å². The maximum absolute atomic E-state index is 10.2. The van der Waals surface area contributed by atoms with Crippen LogP contribution in [0.3, 0.4) is 0 Å². The molecule has 3 aromatic carbocycles. The Bertz CT molecular complexity index is 1660. The number of aliphatic hydroxyl groups excluding tert-OH is 2. The van der Waals surface area contributed by atoms with Crippen LogP contribution in [0.15, 0.2) is 106 Å². The summed E-state index contributed by atoms with van der Waals surface area (Å²) < 4.78 is 0. The van der Waals surface area contributed by atoms with Crippen LogP contribution in [-0.2, 0) is 0 Å². The van der Waals surface area contributed by atoms with E-state index in [0.717, 1.165) is 59.0 Å². The van der Waals surface area contributed by atoms with Gasteiger partial charge in [0.1, 0.15) is 0 Å². The van der Waals surface area contributed by atoms with Gasteiger partial charge in [-0.05, 0) is 78.3 Å². The molecule has 6 nitrogen and oxygen atoms in total. The van der Waals surface area contributed by atoms with Gasteiger partial charge in [-0.15, -0.1) is 0 Å². The average Bonchev–Trinajstić information content (AvgIpc) is 3.40. The van der Waals surface area contributed by atoms with Gasteiger partial charge in [-0.3, -0.25) is 0 Å². The SMILES string of the molecule is [C-]#[N+]/C(C#N)=C(\C(C#N)=CC=C1Sc2ccc(-c3ccccc3)cc2N1CCCCCC(CO)CCO)c1cccc(Cl)c1. The highest BCUT2D eigenvalue weighted by atomic mass is 35.5. The van der Waals surface area contributed by atoms with E-state index >= 15 is 0 Å². The number of fused-ring (bicyclic) bond motifs is 1. The fourth-order valence-electron chi connectivity index (χ4n) is 5.19. The molecule has 1 aliphatic heterocycles. The summed E-state index contributed by atoms with van der Waals surface area (Å²) in [6, 6.07) is 27.6. The number of halogens is 1. The molecule has 0 aliphatic carbocycles. The van der Waals surface area contributed by atoms with Crippen molar-refractivity contribution in [3.05, 3.63) is 123 Å². The van der Waals surface area contributed by atoms with E-state index < -0.39 is 0 Å². The van der Waals surface area contributed by atoms with Gasteiger partial charge in [0.25, 0.3) is 5.70 Å². The Balaban J connectivity index is 1.67. The number of allylic oxidation sites excluding steroid dienone is 5. The normalized spacial score (nSPS) is 14.8. The molecule has 3 aromatic rings. The highest BCUT2D eigenvalue weighted by Gasteiger charge is 2.25. The first-order chi connectivity index (χ1) is 21.5. The lowest BCUT2D eigenvalue weighted by Crippen LogP contribution is -2.19. The number of rotatable bonds is 13. The molecule has 0 saturated carbocycles. The van der Waals surface area contributed by atoms with Crippen LogP contribution in [0.5, 0.6) is 0 Å². The Morgan fingerprint density at radius 1 is 0.955 bits per heavy atom. The number of hydrogen-bond donors (Lipinski definition) is 2. The largest absolute Gasteiger partial charge is 0.396 e. The molecule has 1 atom stereocenters. The Morgan fingerprint density at radius 2 is 1.77 bits per heavy atom. The van der Waals surface area contributed by atoms with E-state index in [1.807, 2.05) is 30.3 Å². The number of nitriles is 2. The van der Waals surface area contributed by atoms with E-state index in [9.17, 15) is 20.7 Å². The number of unbranched alkanes of at least 4 members (excludes halogenated alkanes) is 2. The van der Waals surface area contributed by atoms with Gasteiger partial charge < -0.3 is 15.1 Å².